The van der Waals surface area contributed by atoms with Gasteiger partial charge in [0, 0.05) is 4.88 Å². The first-order valence-electron chi connectivity index (χ1n) is 5.45. The molecule has 96 valence electrons. The van der Waals surface area contributed by atoms with Gasteiger partial charge in [-0.05, 0) is 23.6 Å². The van der Waals surface area contributed by atoms with Crippen molar-refractivity contribution in [2.75, 3.05) is 4.90 Å². The van der Waals surface area contributed by atoms with Gasteiger partial charge >= 0.3 is 0 Å². The van der Waals surface area contributed by atoms with Gasteiger partial charge in [0.2, 0.25) is 0 Å². The number of anilines is 1. The molecular formula is C13H7ClFNO2S. The lowest BCUT2D eigenvalue weighted by Crippen LogP contribution is -2.28. The van der Waals surface area contributed by atoms with Crippen molar-refractivity contribution in [3.8, 4) is 0 Å². The zero-order valence-electron chi connectivity index (χ0n) is 9.52. The van der Waals surface area contributed by atoms with Gasteiger partial charge in [0.1, 0.15) is 5.82 Å². The zero-order chi connectivity index (χ0) is 13.6. The van der Waals surface area contributed by atoms with E-state index < -0.39 is 17.5 Å². The lowest BCUT2D eigenvalue weighted by Gasteiger charge is -2.15. The van der Waals surface area contributed by atoms with E-state index in [9.17, 15) is 14.0 Å². The second-order valence-corrected chi connectivity index (χ2v) is 5.52. The summed E-state index contributed by atoms with van der Waals surface area (Å²) in [5.74, 6) is -1.93. The Balaban J connectivity index is 2.06. The maximum atomic E-state index is 13.5. The van der Waals surface area contributed by atoms with E-state index in [0.717, 1.165) is 10.9 Å². The third-order valence-corrected chi connectivity index (χ3v) is 4.06. The van der Waals surface area contributed by atoms with E-state index in [0.29, 0.717) is 0 Å². The molecule has 6 heteroatoms. The van der Waals surface area contributed by atoms with Crippen LogP contribution in [0.4, 0.5) is 10.1 Å². The smallest absolute Gasteiger partial charge is 0.299 e. The van der Waals surface area contributed by atoms with Gasteiger partial charge in [-0.25, -0.2) is 4.39 Å². The van der Waals surface area contributed by atoms with Crippen molar-refractivity contribution >= 4 is 40.3 Å². The highest BCUT2D eigenvalue weighted by Crippen LogP contribution is 2.34. The van der Waals surface area contributed by atoms with Gasteiger partial charge in [-0.1, -0.05) is 17.7 Å². The first kappa shape index (κ1) is 12.3. The number of carbonyl (C=O) groups is 2. The summed E-state index contributed by atoms with van der Waals surface area (Å²) < 4.78 is 13.5. The van der Waals surface area contributed by atoms with Crippen LogP contribution in [-0.2, 0) is 11.3 Å². The van der Waals surface area contributed by atoms with Crippen LogP contribution >= 0.6 is 22.9 Å². The first-order chi connectivity index (χ1) is 9.08. The minimum Gasteiger partial charge on any atom is -0.299 e. The Morgan fingerprint density at radius 1 is 1.32 bits per heavy atom. The number of benzene rings is 1. The lowest BCUT2D eigenvalue weighted by atomic mass is 10.1. The topological polar surface area (TPSA) is 37.4 Å². The Labute approximate surface area is 117 Å². The molecule has 2 aromatic rings. The summed E-state index contributed by atoms with van der Waals surface area (Å²) in [4.78, 5) is 26.0. The Morgan fingerprint density at radius 3 is 2.79 bits per heavy atom. The molecule has 0 atom stereocenters. The van der Waals surface area contributed by atoms with Gasteiger partial charge in [0.05, 0.1) is 22.8 Å². The Morgan fingerprint density at radius 2 is 2.11 bits per heavy atom. The Bertz CT molecular complexity index is 684. The maximum absolute atomic E-state index is 13.5. The van der Waals surface area contributed by atoms with Crippen molar-refractivity contribution in [2.45, 2.75) is 6.54 Å². The SMILES string of the molecule is O=C1C(=O)N(Cc2cccs2)c2cc(F)c(Cl)cc21. The summed E-state index contributed by atoms with van der Waals surface area (Å²) in [6.07, 6.45) is 0. The number of hydrogen-bond acceptors (Lipinski definition) is 3. The highest BCUT2D eigenvalue weighted by Gasteiger charge is 2.36. The first-order valence-corrected chi connectivity index (χ1v) is 6.71. The molecular weight excluding hydrogens is 289 g/mol. The number of fused-ring (bicyclic) bond motifs is 1. The van der Waals surface area contributed by atoms with Gasteiger partial charge in [0.15, 0.2) is 0 Å². The number of amides is 1. The largest absolute Gasteiger partial charge is 0.299 e. The van der Waals surface area contributed by atoms with Crippen molar-refractivity contribution in [1.29, 1.82) is 0 Å². The number of nitrogens with zero attached hydrogens (tertiary/aromatic N) is 1. The van der Waals surface area contributed by atoms with E-state index in [1.54, 1.807) is 0 Å². The predicted octanol–water partition coefficient (Wildman–Crippen LogP) is 3.27. The van der Waals surface area contributed by atoms with Crippen LogP contribution in [0.5, 0.6) is 0 Å². The molecule has 0 aliphatic carbocycles. The highest BCUT2D eigenvalue weighted by molar-refractivity contribution is 7.09. The molecule has 0 N–H and O–H groups in total. The number of rotatable bonds is 2. The fourth-order valence-electron chi connectivity index (χ4n) is 2.00. The number of ketones is 1. The van der Waals surface area contributed by atoms with Gasteiger partial charge in [-0.3, -0.25) is 14.5 Å². The average molecular weight is 296 g/mol. The molecule has 1 aliphatic heterocycles. The van der Waals surface area contributed by atoms with Gasteiger partial charge in [0.25, 0.3) is 11.7 Å². The van der Waals surface area contributed by atoms with E-state index in [-0.39, 0.29) is 22.8 Å². The summed E-state index contributed by atoms with van der Waals surface area (Å²) in [5, 5.41) is 1.72. The van der Waals surface area contributed by atoms with Crippen molar-refractivity contribution in [3.05, 3.63) is 50.9 Å². The minimum absolute atomic E-state index is 0.155. The molecule has 1 aliphatic rings. The van der Waals surface area contributed by atoms with Crippen LogP contribution < -0.4 is 4.90 Å². The zero-order valence-corrected chi connectivity index (χ0v) is 11.1. The van der Waals surface area contributed by atoms with E-state index in [2.05, 4.69) is 0 Å². The van der Waals surface area contributed by atoms with Gasteiger partial charge < -0.3 is 0 Å². The van der Waals surface area contributed by atoms with Crippen LogP contribution in [0.2, 0.25) is 5.02 Å². The normalized spacial score (nSPS) is 14.1. The second kappa shape index (κ2) is 4.43. The second-order valence-electron chi connectivity index (χ2n) is 4.08. The molecule has 3 nitrogen and oxygen atoms in total. The van der Waals surface area contributed by atoms with Crippen LogP contribution in [0.1, 0.15) is 15.2 Å². The Kier molecular flexibility index (Phi) is 2.88. The number of hydrogen-bond donors (Lipinski definition) is 0. The molecule has 19 heavy (non-hydrogen) atoms. The summed E-state index contributed by atoms with van der Waals surface area (Å²) in [6, 6.07) is 6.05. The molecule has 1 aromatic heterocycles. The van der Waals surface area contributed by atoms with Crippen LogP contribution in [0, 0.1) is 5.82 Å². The number of Topliss-reactive ketones (excluding diaryl/α,β-unsaturated/α-hetero) is 1. The number of carbonyl (C=O) groups excluding carboxylic acids is 2. The third kappa shape index (κ3) is 1.95. The molecule has 0 saturated carbocycles. The molecule has 3 rings (SSSR count). The number of thiophene rings is 1. The molecule has 0 unspecified atom stereocenters. The number of halogens is 2. The minimum atomic E-state index is -0.648. The summed E-state index contributed by atoms with van der Waals surface area (Å²) >= 11 is 7.11. The van der Waals surface area contributed by atoms with Gasteiger partial charge in [-0.15, -0.1) is 11.3 Å². The van der Waals surface area contributed by atoms with E-state index >= 15 is 0 Å². The fourth-order valence-corrected chi connectivity index (χ4v) is 2.86. The molecule has 0 fully saturated rings. The van der Waals surface area contributed by atoms with Gasteiger partial charge in [-0.2, -0.15) is 0 Å². The van der Waals surface area contributed by atoms with Crippen molar-refractivity contribution in [3.63, 3.8) is 0 Å². The van der Waals surface area contributed by atoms with E-state index in [1.165, 1.54) is 22.3 Å². The van der Waals surface area contributed by atoms with Crippen LogP contribution in [0.15, 0.2) is 29.6 Å². The van der Waals surface area contributed by atoms with Crippen molar-refractivity contribution in [2.24, 2.45) is 0 Å². The van der Waals surface area contributed by atoms with Crippen molar-refractivity contribution in [1.82, 2.24) is 0 Å². The quantitative estimate of drug-likeness (QED) is 0.798. The van der Waals surface area contributed by atoms with Crippen LogP contribution in [-0.4, -0.2) is 11.7 Å². The van der Waals surface area contributed by atoms with Crippen LogP contribution in [0.3, 0.4) is 0 Å². The molecule has 2 heterocycles. The summed E-state index contributed by atoms with van der Waals surface area (Å²) in [7, 11) is 0. The lowest BCUT2D eigenvalue weighted by molar-refractivity contribution is -0.114. The third-order valence-electron chi connectivity index (χ3n) is 2.91. The predicted molar refractivity (Wildman–Crippen MR) is 71.2 cm³/mol. The molecule has 1 amide bonds. The van der Waals surface area contributed by atoms with E-state index in [4.69, 9.17) is 11.6 Å². The molecule has 0 bridgehead atoms. The van der Waals surface area contributed by atoms with E-state index in [1.807, 2.05) is 17.5 Å². The molecule has 1 aromatic carbocycles. The van der Waals surface area contributed by atoms with Crippen molar-refractivity contribution < 1.29 is 14.0 Å². The molecule has 0 spiro atoms. The fraction of sp³-hybridized carbons (Fsp3) is 0.0769. The van der Waals surface area contributed by atoms with Crippen LogP contribution in [0.25, 0.3) is 0 Å². The summed E-state index contributed by atoms with van der Waals surface area (Å²) in [5.41, 5.74) is 0.443. The summed E-state index contributed by atoms with van der Waals surface area (Å²) in [6.45, 7) is 0.260. The molecule has 0 saturated heterocycles. The average Bonchev–Trinajstić information content (AvgIpc) is 2.96. The maximum Gasteiger partial charge on any atom is 0.299 e. The molecule has 0 radical (unpaired) electrons. The Hall–Kier alpha value is -1.72. The highest BCUT2D eigenvalue weighted by atomic mass is 35.5. The monoisotopic (exact) mass is 295 g/mol. The standard InChI is InChI=1S/C13H7ClFNO2S/c14-9-4-8-11(5-10(9)15)16(13(18)12(8)17)6-7-2-1-3-19-7/h1-5H,6H2.